The zero-order chi connectivity index (χ0) is 15.3. The Morgan fingerprint density at radius 3 is 2.82 bits per heavy atom. The first-order valence-corrected chi connectivity index (χ1v) is 7.31. The highest BCUT2D eigenvalue weighted by molar-refractivity contribution is 6.03. The summed E-state index contributed by atoms with van der Waals surface area (Å²) in [5.74, 6) is 0.435. The van der Waals surface area contributed by atoms with Gasteiger partial charge in [0, 0.05) is 17.8 Å². The van der Waals surface area contributed by atoms with Gasteiger partial charge in [0.05, 0.1) is 0 Å². The second-order valence-electron chi connectivity index (χ2n) is 5.83. The van der Waals surface area contributed by atoms with E-state index in [0.29, 0.717) is 28.6 Å². The lowest BCUT2D eigenvalue weighted by atomic mass is 10.0. The summed E-state index contributed by atoms with van der Waals surface area (Å²) in [5.41, 5.74) is 3.33. The monoisotopic (exact) mass is 293 g/mol. The molecule has 0 radical (unpaired) electrons. The summed E-state index contributed by atoms with van der Waals surface area (Å²) in [6.45, 7) is 1.69. The van der Waals surface area contributed by atoms with Crippen molar-refractivity contribution in [3.8, 4) is 0 Å². The molecule has 2 aromatic heterocycles. The number of hydrogen-bond donors (Lipinski definition) is 1. The summed E-state index contributed by atoms with van der Waals surface area (Å²) in [6.07, 6.45) is 4.77. The summed E-state index contributed by atoms with van der Waals surface area (Å²) in [4.78, 5) is 15.6. The Labute approximate surface area is 127 Å². The van der Waals surface area contributed by atoms with E-state index in [4.69, 9.17) is 4.42 Å². The van der Waals surface area contributed by atoms with Crippen LogP contribution >= 0.6 is 0 Å². The average molecular weight is 293 g/mol. The highest BCUT2D eigenvalue weighted by atomic mass is 16.4. The number of carbonyl (C=O) groups is 1. The molecule has 3 aromatic rings. The number of benzene rings is 1. The highest BCUT2D eigenvalue weighted by Crippen LogP contribution is 2.54. The van der Waals surface area contributed by atoms with E-state index in [0.717, 1.165) is 6.42 Å². The van der Waals surface area contributed by atoms with E-state index in [2.05, 4.69) is 11.1 Å². The molecule has 0 spiro atoms. The van der Waals surface area contributed by atoms with Crippen molar-refractivity contribution in [3.63, 3.8) is 0 Å². The van der Waals surface area contributed by atoms with Crippen molar-refractivity contribution in [1.82, 2.24) is 4.98 Å². The molecule has 0 bridgehead atoms. The van der Waals surface area contributed by atoms with E-state index in [1.54, 1.807) is 13.1 Å². The zero-order valence-corrected chi connectivity index (χ0v) is 12.1. The molecule has 4 heteroatoms. The Bertz CT molecular complexity index is 867. The fourth-order valence-electron chi connectivity index (χ4n) is 3.26. The van der Waals surface area contributed by atoms with Crippen LogP contribution in [0.2, 0.25) is 0 Å². The number of aromatic carboxylic acids is 1. The third-order valence-corrected chi connectivity index (χ3v) is 4.43. The van der Waals surface area contributed by atoms with Crippen molar-refractivity contribution >= 4 is 16.9 Å². The molecule has 0 aliphatic heterocycles. The number of aromatic nitrogens is 1. The summed E-state index contributed by atoms with van der Waals surface area (Å²) < 4.78 is 5.54. The van der Waals surface area contributed by atoms with Crippen LogP contribution in [-0.2, 0) is 0 Å². The van der Waals surface area contributed by atoms with Crippen molar-refractivity contribution in [3.05, 3.63) is 65.2 Å². The van der Waals surface area contributed by atoms with Crippen molar-refractivity contribution in [2.24, 2.45) is 0 Å². The number of furan rings is 1. The summed E-state index contributed by atoms with van der Waals surface area (Å²) in [6, 6.07) is 9.94. The molecule has 1 fully saturated rings. The SMILES string of the molecule is Cc1oc2ccc([C@@H]3C[C@@H]3c3cccnc3)cc2c1C(=O)O. The van der Waals surface area contributed by atoms with Crippen LogP contribution in [0.3, 0.4) is 0 Å². The molecule has 4 rings (SSSR count). The number of nitrogens with zero attached hydrogens (tertiary/aromatic N) is 1. The lowest BCUT2D eigenvalue weighted by molar-refractivity contribution is 0.0697. The predicted octanol–water partition coefficient (Wildman–Crippen LogP) is 4.11. The van der Waals surface area contributed by atoms with E-state index < -0.39 is 5.97 Å². The van der Waals surface area contributed by atoms with Crippen LogP contribution in [0.25, 0.3) is 11.0 Å². The summed E-state index contributed by atoms with van der Waals surface area (Å²) >= 11 is 0. The average Bonchev–Trinajstić information content (AvgIpc) is 3.23. The molecule has 1 N–H and O–H groups in total. The maximum absolute atomic E-state index is 11.4. The molecular formula is C18H15NO3. The summed E-state index contributed by atoms with van der Waals surface area (Å²) in [7, 11) is 0. The number of carboxylic acid groups (broad SMARTS) is 1. The number of fused-ring (bicyclic) bond motifs is 1. The maximum Gasteiger partial charge on any atom is 0.339 e. The van der Waals surface area contributed by atoms with E-state index in [-0.39, 0.29) is 5.56 Å². The Kier molecular flexibility index (Phi) is 2.79. The van der Waals surface area contributed by atoms with Gasteiger partial charge < -0.3 is 9.52 Å². The minimum absolute atomic E-state index is 0.274. The molecule has 1 saturated carbocycles. The number of carboxylic acids is 1. The first kappa shape index (κ1) is 13.1. The number of hydrogen-bond acceptors (Lipinski definition) is 3. The topological polar surface area (TPSA) is 63.3 Å². The minimum atomic E-state index is -0.937. The van der Waals surface area contributed by atoms with Crippen molar-refractivity contribution in [2.75, 3.05) is 0 Å². The van der Waals surface area contributed by atoms with Gasteiger partial charge in [0.1, 0.15) is 16.9 Å². The van der Waals surface area contributed by atoms with Gasteiger partial charge in [-0.05, 0) is 54.5 Å². The molecule has 1 aromatic carbocycles. The smallest absolute Gasteiger partial charge is 0.339 e. The Morgan fingerprint density at radius 2 is 2.09 bits per heavy atom. The van der Waals surface area contributed by atoms with Gasteiger partial charge in [0.25, 0.3) is 0 Å². The molecule has 4 nitrogen and oxygen atoms in total. The maximum atomic E-state index is 11.4. The second-order valence-corrected chi connectivity index (χ2v) is 5.83. The number of aryl methyl sites for hydroxylation is 1. The van der Waals surface area contributed by atoms with Gasteiger partial charge in [-0.3, -0.25) is 4.98 Å². The van der Waals surface area contributed by atoms with E-state index in [1.165, 1.54) is 11.1 Å². The van der Waals surface area contributed by atoms with Crippen molar-refractivity contribution in [1.29, 1.82) is 0 Å². The lowest BCUT2D eigenvalue weighted by Gasteiger charge is -2.02. The summed E-state index contributed by atoms with van der Waals surface area (Å²) in [5, 5.41) is 10.1. The van der Waals surface area contributed by atoms with Crippen LogP contribution in [0.4, 0.5) is 0 Å². The largest absolute Gasteiger partial charge is 0.478 e. The van der Waals surface area contributed by atoms with Gasteiger partial charge in [0.2, 0.25) is 0 Å². The van der Waals surface area contributed by atoms with Gasteiger partial charge in [-0.2, -0.15) is 0 Å². The Hall–Kier alpha value is -2.62. The fraction of sp³-hybridized carbons (Fsp3) is 0.222. The lowest BCUT2D eigenvalue weighted by Crippen LogP contribution is -1.96. The van der Waals surface area contributed by atoms with Crippen LogP contribution in [0, 0.1) is 6.92 Å². The van der Waals surface area contributed by atoms with Crippen LogP contribution in [0.15, 0.2) is 47.1 Å². The molecule has 2 atom stereocenters. The Balaban J connectivity index is 1.72. The third-order valence-electron chi connectivity index (χ3n) is 4.43. The zero-order valence-electron chi connectivity index (χ0n) is 12.1. The highest BCUT2D eigenvalue weighted by Gasteiger charge is 2.39. The number of rotatable bonds is 3. The Morgan fingerprint density at radius 1 is 1.27 bits per heavy atom. The van der Waals surface area contributed by atoms with E-state index in [9.17, 15) is 9.90 Å². The van der Waals surface area contributed by atoms with E-state index >= 15 is 0 Å². The first-order valence-electron chi connectivity index (χ1n) is 7.31. The predicted molar refractivity (Wildman–Crippen MR) is 82.2 cm³/mol. The molecule has 0 unspecified atom stereocenters. The van der Waals surface area contributed by atoms with Crippen molar-refractivity contribution in [2.45, 2.75) is 25.2 Å². The minimum Gasteiger partial charge on any atom is -0.478 e. The fourth-order valence-corrected chi connectivity index (χ4v) is 3.26. The van der Waals surface area contributed by atoms with Crippen LogP contribution in [0.1, 0.15) is 45.5 Å². The molecule has 22 heavy (non-hydrogen) atoms. The van der Waals surface area contributed by atoms with Gasteiger partial charge in [-0.15, -0.1) is 0 Å². The van der Waals surface area contributed by atoms with Crippen LogP contribution < -0.4 is 0 Å². The van der Waals surface area contributed by atoms with Crippen molar-refractivity contribution < 1.29 is 14.3 Å². The quantitative estimate of drug-likeness (QED) is 0.789. The third kappa shape index (κ3) is 1.99. The standard InChI is InChI=1S/C18H15NO3/c1-10-17(18(20)21)15-7-11(4-5-16(15)22-10)13-8-14(13)12-3-2-6-19-9-12/h2-7,9,13-14H,8H2,1H3,(H,20,21)/t13-,14+/m0/s1. The van der Waals surface area contributed by atoms with Gasteiger partial charge in [0.15, 0.2) is 0 Å². The van der Waals surface area contributed by atoms with E-state index in [1.807, 2.05) is 30.5 Å². The van der Waals surface area contributed by atoms with Gasteiger partial charge in [-0.1, -0.05) is 12.1 Å². The number of pyridine rings is 1. The molecule has 0 saturated heterocycles. The first-order chi connectivity index (χ1) is 10.6. The normalized spacial score (nSPS) is 20.2. The molecule has 110 valence electrons. The van der Waals surface area contributed by atoms with Gasteiger partial charge in [-0.25, -0.2) is 4.79 Å². The molecule has 1 aliphatic carbocycles. The molecular weight excluding hydrogens is 278 g/mol. The molecule has 1 aliphatic rings. The molecule has 2 heterocycles. The second kappa shape index (κ2) is 4.70. The van der Waals surface area contributed by atoms with Gasteiger partial charge >= 0.3 is 5.97 Å². The van der Waals surface area contributed by atoms with Crippen LogP contribution in [0.5, 0.6) is 0 Å². The molecule has 0 amide bonds. The van der Waals surface area contributed by atoms with Crippen LogP contribution in [-0.4, -0.2) is 16.1 Å².